The van der Waals surface area contributed by atoms with Crippen molar-refractivity contribution in [2.75, 3.05) is 24.9 Å². The Balaban J connectivity index is 1.81. The van der Waals surface area contributed by atoms with Gasteiger partial charge in [0.15, 0.2) is 17.3 Å². The summed E-state index contributed by atoms with van der Waals surface area (Å²) in [6.07, 6.45) is 2.31. The van der Waals surface area contributed by atoms with Gasteiger partial charge in [-0.25, -0.2) is 9.97 Å². The van der Waals surface area contributed by atoms with Crippen LogP contribution in [0.3, 0.4) is 0 Å². The molecule has 0 aliphatic heterocycles. The number of aromatic nitrogens is 2. The number of aryl methyl sites for hydroxylation is 3. The van der Waals surface area contributed by atoms with Crippen molar-refractivity contribution < 1.29 is 18.7 Å². The number of hydrogen-bond donors (Lipinski definition) is 2. The van der Waals surface area contributed by atoms with E-state index in [1.807, 2.05) is 38.1 Å². The highest BCUT2D eigenvalue weighted by Crippen LogP contribution is 2.40. The number of furan rings is 1. The molecule has 0 unspecified atom stereocenters. The van der Waals surface area contributed by atoms with Crippen molar-refractivity contribution in [3.8, 4) is 11.5 Å². The fourth-order valence-corrected chi connectivity index (χ4v) is 4.84. The summed E-state index contributed by atoms with van der Waals surface area (Å²) in [5.41, 5.74) is 3.51. The lowest BCUT2D eigenvalue weighted by Crippen LogP contribution is -2.18. The summed E-state index contributed by atoms with van der Waals surface area (Å²) in [6.45, 7) is 5.94. The number of amides is 1. The Morgan fingerprint density at radius 2 is 1.80 bits per heavy atom. The Kier molecular flexibility index (Phi) is 7.36. The van der Waals surface area contributed by atoms with E-state index in [1.54, 1.807) is 26.4 Å². The van der Waals surface area contributed by atoms with Crippen molar-refractivity contribution in [3.05, 3.63) is 81.9 Å². The third-order valence-corrected chi connectivity index (χ3v) is 6.65. The maximum absolute atomic E-state index is 12.8. The van der Waals surface area contributed by atoms with Crippen LogP contribution in [0.5, 0.6) is 11.5 Å². The summed E-state index contributed by atoms with van der Waals surface area (Å²) in [7, 11) is 3.21. The van der Waals surface area contributed by atoms with Crippen LogP contribution in [0.25, 0.3) is 0 Å². The van der Waals surface area contributed by atoms with E-state index in [2.05, 4.69) is 33.6 Å². The van der Waals surface area contributed by atoms with Gasteiger partial charge < -0.3 is 24.5 Å². The maximum atomic E-state index is 12.8. The molecule has 1 aromatic carbocycles. The first-order chi connectivity index (χ1) is 16.9. The fraction of sp³-hybridized carbons (Fsp3) is 0.269. The molecule has 4 aromatic rings. The van der Waals surface area contributed by atoms with Crippen LogP contribution in [-0.2, 0) is 6.42 Å². The average Bonchev–Trinajstić information content (AvgIpc) is 3.52. The Labute approximate surface area is 208 Å². The Hall–Kier alpha value is -3.85. The second-order valence-corrected chi connectivity index (χ2v) is 9.08. The number of anilines is 2. The van der Waals surface area contributed by atoms with Gasteiger partial charge in [-0.05, 0) is 62.2 Å². The van der Waals surface area contributed by atoms with Crippen LogP contribution in [-0.4, -0.2) is 30.1 Å². The summed E-state index contributed by atoms with van der Waals surface area (Å²) in [5.74, 6) is 1.66. The van der Waals surface area contributed by atoms with Crippen LogP contribution in [0.1, 0.15) is 50.9 Å². The first-order valence-electron chi connectivity index (χ1n) is 11.2. The molecule has 0 saturated carbocycles. The lowest BCUT2D eigenvalue weighted by atomic mass is 9.99. The molecule has 0 bridgehead atoms. The van der Waals surface area contributed by atoms with Crippen molar-refractivity contribution in [1.82, 2.24) is 9.97 Å². The number of benzene rings is 1. The van der Waals surface area contributed by atoms with E-state index in [0.29, 0.717) is 17.4 Å². The molecule has 4 rings (SSSR count). The largest absolute Gasteiger partial charge is 0.493 e. The van der Waals surface area contributed by atoms with E-state index in [0.717, 1.165) is 38.8 Å². The highest BCUT2D eigenvalue weighted by Gasteiger charge is 2.25. The van der Waals surface area contributed by atoms with Crippen molar-refractivity contribution in [1.29, 1.82) is 0 Å². The molecule has 3 heterocycles. The summed E-state index contributed by atoms with van der Waals surface area (Å²) in [5, 5.41) is 7.23. The molecule has 0 aliphatic carbocycles. The van der Waals surface area contributed by atoms with E-state index in [4.69, 9.17) is 13.9 Å². The van der Waals surface area contributed by atoms with Crippen LogP contribution in [0.4, 0.5) is 10.9 Å². The third-order valence-electron chi connectivity index (χ3n) is 5.44. The van der Waals surface area contributed by atoms with Gasteiger partial charge in [-0.3, -0.25) is 4.79 Å². The van der Waals surface area contributed by atoms with Crippen LogP contribution in [0.15, 0.2) is 53.1 Å². The van der Waals surface area contributed by atoms with Crippen LogP contribution in [0.2, 0.25) is 0 Å². The number of thiophene rings is 1. The molecule has 2 N–H and O–H groups in total. The molecule has 35 heavy (non-hydrogen) atoms. The van der Waals surface area contributed by atoms with Gasteiger partial charge in [0.25, 0.3) is 5.91 Å². The minimum absolute atomic E-state index is 0.246. The van der Waals surface area contributed by atoms with Gasteiger partial charge in [0.2, 0.25) is 5.95 Å². The minimum atomic E-state index is -0.376. The van der Waals surface area contributed by atoms with Gasteiger partial charge in [-0.1, -0.05) is 13.0 Å². The molecule has 8 nitrogen and oxygen atoms in total. The lowest BCUT2D eigenvalue weighted by Gasteiger charge is -2.22. The number of carbonyl (C=O) groups excluding carboxylic acids is 1. The molecule has 0 spiro atoms. The zero-order valence-electron chi connectivity index (χ0n) is 20.3. The summed E-state index contributed by atoms with van der Waals surface area (Å²) in [4.78, 5) is 23.1. The second-order valence-electron chi connectivity index (χ2n) is 7.95. The number of nitrogens with zero attached hydrogens (tertiary/aromatic N) is 2. The topological polar surface area (TPSA) is 98.5 Å². The highest BCUT2D eigenvalue weighted by atomic mass is 32.1. The Morgan fingerprint density at radius 1 is 1.06 bits per heavy atom. The first-order valence-corrected chi connectivity index (χ1v) is 12.0. The molecular formula is C26H28N4O4S. The number of ether oxygens (including phenoxy) is 2. The van der Waals surface area contributed by atoms with Gasteiger partial charge in [0.05, 0.1) is 26.5 Å². The number of rotatable bonds is 9. The van der Waals surface area contributed by atoms with Gasteiger partial charge >= 0.3 is 0 Å². The van der Waals surface area contributed by atoms with E-state index >= 15 is 0 Å². The second kappa shape index (κ2) is 10.6. The average molecular weight is 493 g/mol. The summed E-state index contributed by atoms with van der Waals surface area (Å²) >= 11 is 1.53. The molecule has 0 fully saturated rings. The van der Waals surface area contributed by atoms with E-state index in [9.17, 15) is 4.79 Å². The third kappa shape index (κ3) is 5.46. The monoisotopic (exact) mass is 492 g/mol. The van der Waals surface area contributed by atoms with Gasteiger partial charge in [0, 0.05) is 21.8 Å². The predicted molar refractivity (Wildman–Crippen MR) is 137 cm³/mol. The minimum Gasteiger partial charge on any atom is -0.493 e. The predicted octanol–water partition coefficient (Wildman–Crippen LogP) is 5.78. The number of carbonyl (C=O) groups is 1. The quantitative estimate of drug-likeness (QED) is 0.305. The zero-order chi connectivity index (χ0) is 24.9. The van der Waals surface area contributed by atoms with E-state index in [1.165, 1.54) is 17.6 Å². The van der Waals surface area contributed by atoms with Gasteiger partial charge in [-0.2, -0.15) is 0 Å². The number of hydrogen-bond acceptors (Lipinski definition) is 8. The molecule has 182 valence electrons. The van der Waals surface area contributed by atoms with Crippen LogP contribution < -0.4 is 20.1 Å². The lowest BCUT2D eigenvalue weighted by molar-refractivity contribution is 0.0997. The molecule has 9 heteroatoms. The van der Waals surface area contributed by atoms with Crippen LogP contribution >= 0.6 is 11.3 Å². The fourth-order valence-electron chi connectivity index (χ4n) is 3.81. The molecule has 3 aromatic heterocycles. The van der Waals surface area contributed by atoms with Crippen molar-refractivity contribution in [3.63, 3.8) is 0 Å². The Morgan fingerprint density at radius 3 is 2.43 bits per heavy atom. The molecule has 1 amide bonds. The van der Waals surface area contributed by atoms with E-state index in [-0.39, 0.29) is 17.7 Å². The van der Waals surface area contributed by atoms with Crippen molar-refractivity contribution in [2.45, 2.75) is 33.2 Å². The summed E-state index contributed by atoms with van der Waals surface area (Å²) < 4.78 is 16.3. The first kappa shape index (κ1) is 24.3. The van der Waals surface area contributed by atoms with E-state index < -0.39 is 0 Å². The smallest absolute Gasteiger partial charge is 0.291 e. The normalized spacial score (nSPS) is 11.7. The molecule has 1 atom stereocenters. The maximum Gasteiger partial charge on any atom is 0.291 e. The zero-order valence-corrected chi connectivity index (χ0v) is 21.2. The van der Waals surface area contributed by atoms with Crippen molar-refractivity contribution >= 4 is 28.2 Å². The molecule has 0 saturated heterocycles. The SMILES string of the molecule is CCc1cc([C@@H](Nc2nc(C)cc(C)n2)c2ccc(OC)c(OC)c2)c(NC(=O)c2ccco2)s1. The Bertz CT molecular complexity index is 1300. The molecule has 0 aliphatic rings. The van der Waals surface area contributed by atoms with Gasteiger partial charge in [-0.15, -0.1) is 11.3 Å². The standard InChI is InChI=1S/C26H28N4O4S/c1-6-18-14-19(25(35-18)30-24(31)21-8-7-11-34-21)23(29-26-27-15(2)12-16(3)28-26)17-9-10-20(32-4)22(13-17)33-5/h7-14,23H,6H2,1-5H3,(H,30,31)(H,27,28,29)/t23-/m0/s1. The molecular weight excluding hydrogens is 464 g/mol. The van der Waals surface area contributed by atoms with Crippen molar-refractivity contribution in [2.24, 2.45) is 0 Å². The number of methoxy groups -OCH3 is 2. The number of nitrogens with one attached hydrogen (secondary N) is 2. The molecule has 0 radical (unpaired) electrons. The van der Waals surface area contributed by atoms with Gasteiger partial charge in [0.1, 0.15) is 5.00 Å². The summed E-state index contributed by atoms with van der Waals surface area (Å²) in [6, 6.07) is 12.7. The highest BCUT2D eigenvalue weighted by molar-refractivity contribution is 7.16. The van der Waals surface area contributed by atoms with Crippen LogP contribution in [0, 0.1) is 13.8 Å².